The van der Waals surface area contributed by atoms with Crippen LogP contribution in [0.3, 0.4) is 0 Å². The first-order chi connectivity index (χ1) is 12.1. The summed E-state index contributed by atoms with van der Waals surface area (Å²) >= 11 is 0. The maximum Gasteiger partial charge on any atom is 0.237 e. The van der Waals surface area contributed by atoms with E-state index in [1.165, 1.54) is 13.2 Å². The van der Waals surface area contributed by atoms with E-state index < -0.39 is 12.0 Å². The number of amides is 1. The number of aromatic nitrogens is 1. The average Bonchev–Trinajstić information content (AvgIpc) is 3.14. The third kappa shape index (κ3) is 4.18. The standard InChI is InChI=1S/C17H24F2N4O2/c1-25-17-11(9-21-16(24)14-5-2-6-20-14)8-13(19)15(22-17)23-7-3-4-12(18)10-23/h8,12,14,20H,2-7,9-10H2,1H3,(H,21,24)/t12?,14-/m0/s1. The third-order valence-corrected chi connectivity index (χ3v) is 4.68. The minimum Gasteiger partial charge on any atom is -0.481 e. The highest BCUT2D eigenvalue weighted by molar-refractivity contribution is 5.82. The lowest BCUT2D eigenvalue weighted by Crippen LogP contribution is -2.40. The molecule has 3 rings (SSSR count). The molecular weight excluding hydrogens is 330 g/mol. The predicted octanol–water partition coefficient (Wildman–Crippen LogP) is 1.54. The van der Waals surface area contributed by atoms with Crippen molar-refractivity contribution in [2.75, 3.05) is 31.6 Å². The fraction of sp³-hybridized carbons (Fsp3) is 0.647. The van der Waals surface area contributed by atoms with Gasteiger partial charge in [-0.1, -0.05) is 0 Å². The van der Waals surface area contributed by atoms with Crippen LogP contribution in [0.5, 0.6) is 5.88 Å². The Morgan fingerprint density at radius 2 is 2.32 bits per heavy atom. The van der Waals surface area contributed by atoms with Crippen molar-refractivity contribution < 1.29 is 18.3 Å². The Morgan fingerprint density at radius 1 is 1.48 bits per heavy atom. The molecule has 25 heavy (non-hydrogen) atoms. The van der Waals surface area contributed by atoms with Gasteiger partial charge in [0.15, 0.2) is 11.6 Å². The summed E-state index contributed by atoms with van der Waals surface area (Å²) < 4.78 is 33.3. The number of halogens is 2. The number of carbonyl (C=O) groups excluding carboxylic acids is 1. The molecule has 1 amide bonds. The highest BCUT2D eigenvalue weighted by atomic mass is 19.1. The molecule has 2 aliphatic heterocycles. The van der Waals surface area contributed by atoms with Crippen LogP contribution in [0.25, 0.3) is 0 Å². The van der Waals surface area contributed by atoms with E-state index in [1.54, 1.807) is 4.90 Å². The second-order valence-electron chi connectivity index (χ2n) is 6.51. The first kappa shape index (κ1) is 17.8. The van der Waals surface area contributed by atoms with E-state index in [1.807, 2.05) is 0 Å². The predicted molar refractivity (Wildman–Crippen MR) is 90.0 cm³/mol. The number of nitrogens with one attached hydrogen (secondary N) is 2. The van der Waals surface area contributed by atoms with E-state index in [9.17, 15) is 13.6 Å². The van der Waals surface area contributed by atoms with Gasteiger partial charge < -0.3 is 20.3 Å². The Labute approximate surface area is 145 Å². The maximum absolute atomic E-state index is 14.5. The molecule has 0 bridgehead atoms. The second-order valence-corrected chi connectivity index (χ2v) is 6.51. The van der Waals surface area contributed by atoms with Gasteiger partial charge in [0, 0.05) is 18.7 Å². The van der Waals surface area contributed by atoms with Crippen molar-refractivity contribution in [2.45, 2.75) is 44.4 Å². The largest absolute Gasteiger partial charge is 0.481 e. The first-order valence-electron chi connectivity index (χ1n) is 8.72. The van der Waals surface area contributed by atoms with E-state index in [0.717, 1.165) is 19.4 Å². The van der Waals surface area contributed by atoms with Gasteiger partial charge in [-0.05, 0) is 38.3 Å². The molecule has 0 aliphatic carbocycles. The smallest absolute Gasteiger partial charge is 0.237 e. The Hall–Kier alpha value is -1.96. The van der Waals surface area contributed by atoms with Crippen LogP contribution in [0, 0.1) is 5.82 Å². The quantitative estimate of drug-likeness (QED) is 0.840. The number of anilines is 1. The van der Waals surface area contributed by atoms with Crippen LogP contribution in [0.2, 0.25) is 0 Å². The van der Waals surface area contributed by atoms with E-state index in [0.29, 0.717) is 24.9 Å². The van der Waals surface area contributed by atoms with Gasteiger partial charge in [-0.15, -0.1) is 0 Å². The Bertz CT molecular complexity index is 623. The summed E-state index contributed by atoms with van der Waals surface area (Å²) in [4.78, 5) is 17.9. The number of pyridine rings is 1. The van der Waals surface area contributed by atoms with Gasteiger partial charge in [-0.2, -0.15) is 4.98 Å². The van der Waals surface area contributed by atoms with E-state index in [4.69, 9.17) is 4.74 Å². The molecule has 2 atom stereocenters. The van der Waals surface area contributed by atoms with Crippen molar-refractivity contribution in [2.24, 2.45) is 0 Å². The normalized spacial score (nSPS) is 23.6. The minimum atomic E-state index is -0.973. The topological polar surface area (TPSA) is 66.5 Å². The number of carbonyl (C=O) groups is 1. The molecule has 6 nitrogen and oxygen atoms in total. The number of hydrogen-bond acceptors (Lipinski definition) is 5. The van der Waals surface area contributed by atoms with Crippen molar-refractivity contribution >= 4 is 11.7 Å². The molecule has 0 spiro atoms. The maximum atomic E-state index is 14.5. The van der Waals surface area contributed by atoms with Gasteiger partial charge in [0.25, 0.3) is 0 Å². The number of nitrogens with zero attached hydrogens (tertiary/aromatic N) is 2. The van der Waals surface area contributed by atoms with E-state index in [-0.39, 0.29) is 36.7 Å². The SMILES string of the molecule is COc1nc(N2CCCC(F)C2)c(F)cc1CNC(=O)[C@@H]1CCCN1. The number of ether oxygens (including phenoxy) is 1. The Morgan fingerprint density at radius 3 is 3.00 bits per heavy atom. The van der Waals surface area contributed by atoms with Crippen LogP contribution in [0.4, 0.5) is 14.6 Å². The van der Waals surface area contributed by atoms with E-state index in [2.05, 4.69) is 15.6 Å². The van der Waals surface area contributed by atoms with Crippen molar-refractivity contribution in [3.8, 4) is 5.88 Å². The van der Waals surface area contributed by atoms with Crippen LogP contribution >= 0.6 is 0 Å². The molecule has 1 unspecified atom stereocenters. The van der Waals surface area contributed by atoms with Crippen LogP contribution in [0.1, 0.15) is 31.2 Å². The first-order valence-corrected chi connectivity index (χ1v) is 8.72. The molecule has 1 aromatic rings. The lowest BCUT2D eigenvalue weighted by atomic mass is 10.1. The van der Waals surface area contributed by atoms with Crippen LogP contribution < -0.4 is 20.3 Å². The lowest BCUT2D eigenvalue weighted by Gasteiger charge is -2.30. The second kappa shape index (κ2) is 7.95. The number of alkyl halides is 1. The number of hydrogen-bond donors (Lipinski definition) is 2. The minimum absolute atomic E-state index is 0.103. The molecule has 2 aliphatic rings. The third-order valence-electron chi connectivity index (χ3n) is 4.68. The van der Waals surface area contributed by atoms with Crippen LogP contribution in [-0.4, -0.2) is 49.8 Å². The van der Waals surface area contributed by atoms with Crippen molar-refractivity contribution in [3.63, 3.8) is 0 Å². The Kier molecular flexibility index (Phi) is 5.67. The van der Waals surface area contributed by atoms with Gasteiger partial charge in [-0.25, -0.2) is 8.78 Å². The molecule has 2 N–H and O–H groups in total. The zero-order valence-corrected chi connectivity index (χ0v) is 14.4. The molecular formula is C17H24F2N4O2. The van der Waals surface area contributed by atoms with Crippen LogP contribution in [-0.2, 0) is 11.3 Å². The molecule has 2 saturated heterocycles. The van der Waals surface area contributed by atoms with Gasteiger partial charge in [0.05, 0.1) is 19.7 Å². The van der Waals surface area contributed by atoms with Gasteiger partial charge >= 0.3 is 0 Å². The summed E-state index contributed by atoms with van der Waals surface area (Å²) in [5, 5.41) is 5.90. The number of methoxy groups -OCH3 is 1. The summed E-state index contributed by atoms with van der Waals surface area (Å²) in [6.45, 7) is 1.67. The summed E-state index contributed by atoms with van der Waals surface area (Å²) in [5.74, 6) is -0.290. The highest BCUT2D eigenvalue weighted by Crippen LogP contribution is 2.27. The highest BCUT2D eigenvalue weighted by Gasteiger charge is 2.25. The number of rotatable bonds is 5. The van der Waals surface area contributed by atoms with Crippen molar-refractivity contribution in [1.29, 1.82) is 0 Å². The molecule has 3 heterocycles. The van der Waals surface area contributed by atoms with Crippen LogP contribution in [0.15, 0.2) is 6.07 Å². The molecule has 0 radical (unpaired) electrons. The van der Waals surface area contributed by atoms with E-state index >= 15 is 0 Å². The molecule has 1 aromatic heterocycles. The summed E-state index contributed by atoms with van der Waals surface area (Å²) in [7, 11) is 1.45. The zero-order chi connectivity index (χ0) is 17.8. The van der Waals surface area contributed by atoms with Gasteiger partial charge in [-0.3, -0.25) is 4.79 Å². The average molecular weight is 354 g/mol. The Balaban J connectivity index is 1.71. The molecule has 0 aromatic carbocycles. The van der Waals surface area contributed by atoms with Crippen molar-refractivity contribution in [1.82, 2.24) is 15.6 Å². The van der Waals surface area contributed by atoms with Gasteiger partial charge in [0.1, 0.15) is 6.17 Å². The fourth-order valence-electron chi connectivity index (χ4n) is 3.36. The van der Waals surface area contributed by atoms with Crippen molar-refractivity contribution in [3.05, 3.63) is 17.4 Å². The lowest BCUT2D eigenvalue weighted by molar-refractivity contribution is -0.122. The molecule has 138 valence electrons. The molecule has 0 saturated carbocycles. The summed E-state index contributed by atoms with van der Waals surface area (Å²) in [6.07, 6.45) is 1.95. The monoisotopic (exact) mass is 354 g/mol. The zero-order valence-electron chi connectivity index (χ0n) is 14.4. The fourth-order valence-corrected chi connectivity index (χ4v) is 3.36. The number of piperidine rings is 1. The molecule has 8 heteroatoms. The molecule has 2 fully saturated rings. The van der Waals surface area contributed by atoms with Gasteiger partial charge in [0.2, 0.25) is 11.8 Å². The summed E-state index contributed by atoms with van der Waals surface area (Å²) in [6, 6.07) is 1.11. The summed E-state index contributed by atoms with van der Waals surface area (Å²) in [5.41, 5.74) is 0.462.